The number of benzene rings is 2. The molecule has 0 saturated heterocycles. The average Bonchev–Trinajstić information content (AvgIpc) is 3.09. The standard InChI is InChI=1S/C20H18ClNO4S/c1-4-26-20(23)13-7-5-12(6-8-13)17-18(21)27-19(22-17)14-9-15(24-2)11-16(10-14)25-3/h5-11H,4H2,1-3H3. The van der Waals surface area contributed by atoms with E-state index in [0.717, 1.165) is 16.1 Å². The van der Waals surface area contributed by atoms with Crippen LogP contribution in [0.15, 0.2) is 42.5 Å². The van der Waals surface area contributed by atoms with E-state index in [2.05, 4.69) is 4.98 Å². The molecule has 3 aromatic rings. The van der Waals surface area contributed by atoms with E-state index >= 15 is 0 Å². The maximum absolute atomic E-state index is 11.8. The second kappa shape index (κ2) is 8.41. The van der Waals surface area contributed by atoms with Gasteiger partial charge in [-0.1, -0.05) is 23.7 Å². The van der Waals surface area contributed by atoms with Crippen molar-refractivity contribution < 1.29 is 19.0 Å². The molecule has 0 spiro atoms. The number of thiazole rings is 1. The number of halogens is 1. The summed E-state index contributed by atoms with van der Waals surface area (Å²) in [7, 11) is 3.20. The molecule has 2 aromatic carbocycles. The lowest BCUT2D eigenvalue weighted by Crippen LogP contribution is -2.04. The minimum Gasteiger partial charge on any atom is -0.497 e. The minimum absolute atomic E-state index is 0.339. The van der Waals surface area contributed by atoms with Crippen LogP contribution < -0.4 is 9.47 Å². The summed E-state index contributed by atoms with van der Waals surface area (Å²) in [5.41, 5.74) is 2.83. The number of hydrogen-bond donors (Lipinski definition) is 0. The zero-order chi connectivity index (χ0) is 19.4. The molecule has 27 heavy (non-hydrogen) atoms. The fraction of sp³-hybridized carbons (Fsp3) is 0.200. The fourth-order valence-electron chi connectivity index (χ4n) is 2.51. The molecule has 3 rings (SSSR count). The molecule has 1 aromatic heterocycles. The van der Waals surface area contributed by atoms with E-state index in [-0.39, 0.29) is 5.97 Å². The summed E-state index contributed by atoms with van der Waals surface area (Å²) >= 11 is 7.80. The van der Waals surface area contributed by atoms with Gasteiger partial charge in [0.15, 0.2) is 0 Å². The Kier molecular flexibility index (Phi) is 5.98. The molecule has 1 heterocycles. The molecule has 0 atom stereocenters. The number of carbonyl (C=O) groups excluding carboxylic acids is 1. The number of hydrogen-bond acceptors (Lipinski definition) is 6. The molecule has 0 aliphatic rings. The molecule has 0 unspecified atom stereocenters. The maximum atomic E-state index is 11.8. The van der Waals surface area contributed by atoms with Crippen LogP contribution in [0.5, 0.6) is 11.5 Å². The largest absolute Gasteiger partial charge is 0.497 e. The summed E-state index contributed by atoms with van der Waals surface area (Å²) in [4.78, 5) is 16.5. The van der Waals surface area contributed by atoms with Gasteiger partial charge in [-0.15, -0.1) is 11.3 Å². The minimum atomic E-state index is -0.349. The summed E-state index contributed by atoms with van der Waals surface area (Å²) in [6, 6.07) is 12.6. The fourth-order valence-corrected chi connectivity index (χ4v) is 3.69. The van der Waals surface area contributed by atoms with Crippen molar-refractivity contribution >= 4 is 28.9 Å². The molecule has 0 bridgehead atoms. The second-order valence-corrected chi connectivity index (χ2v) is 7.14. The van der Waals surface area contributed by atoms with Crippen molar-refractivity contribution in [2.45, 2.75) is 6.92 Å². The normalized spacial score (nSPS) is 10.5. The Morgan fingerprint density at radius 2 is 1.67 bits per heavy atom. The van der Waals surface area contributed by atoms with Crippen molar-refractivity contribution in [3.05, 3.63) is 52.4 Å². The first-order chi connectivity index (χ1) is 13.0. The molecule has 7 heteroatoms. The highest BCUT2D eigenvalue weighted by Crippen LogP contribution is 2.39. The second-order valence-electron chi connectivity index (χ2n) is 5.54. The Bertz CT molecular complexity index is 931. The highest BCUT2D eigenvalue weighted by Gasteiger charge is 2.15. The number of carbonyl (C=O) groups is 1. The van der Waals surface area contributed by atoms with Gasteiger partial charge in [-0.2, -0.15) is 0 Å². The highest BCUT2D eigenvalue weighted by atomic mass is 35.5. The summed E-state index contributed by atoms with van der Waals surface area (Å²) in [6.45, 7) is 2.11. The summed E-state index contributed by atoms with van der Waals surface area (Å²) in [5.74, 6) is 1.00. The van der Waals surface area contributed by atoms with Gasteiger partial charge in [0.2, 0.25) is 0 Å². The van der Waals surface area contributed by atoms with Crippen LogP contribution in [0.25, 0.3) is 21.8 Å². The molecule has 0 aliphatic heterocycles. The first-order valence-electron chi connectivity index (χ1n) is 8.23. The zero-order valence-electron chi connectivity index (χ0n) is 15.1. The molecule has 0 radical (unpaired) electrons. The zero-order valence-corrected chi connectivity index (χ0v) is 16.7. The van der Waals surface area contributed by atoms with Crippen molar-refractivity contribution in [1.29, 1.82) is 0 Å². The number of esters is 1. The molecule has 0 aliphatic carbocycles. The van der Waals surface area contributed by atoms with Gasteiger partial charge < -0.3 is 14.2 Å². The van der Waals surface area contributed by atoms with Crippen LogP contribution in [0, 0.1) is 0 Å². The van der Waals surface area contributed by atoms with Gasteiger partial charge >= 0.3 is 5.97 Å². The lowest BCUT2D eigenvalue weighted by Gasteiger charge is -2.06. The first-order valence-corrected chi connectivity index (χ1v) is 9.42. The summed E-state index contributed by atoms with van der Waals surface area (Å²) < 4.78 is 16.2. The Hall–Kier alpha value is -2.57. The Morgan fingerprint density at radius 3 is 2.22 bits per heavy atom. The predicted molar refractivity (Wildman–Crippen MR) is 107 cm³/mol. The number of rotatable bonds is 6. The molecule has 0 fully saturated rings. The van der Waals surface area contributed by atoms with E-state index in [0.29, 0.717) is 33.7 Å². The number of aromatic nitrogens is 1. The third-order valence-electron chi connectivity index (χ3n) is 3.85. The van der Waals surface area contributed by atoms with Gasteiger partial charge in [-0.05, 0) is 31.2 Å². The summed E-state index contributed by atoms with van der Waals surface area (Å²) in [5, 5.41) is 0.752. The van der Waals surface area contributed by atoms with E-state index in [1.165, 1.54) is 11.3 Å². The Morgan fingerprint density at radius 1 is 1.04 bits per heavy atom. The van der Waals surface area contributed by atoms with Crippen molar-refractivity contribution in [3.8, 4) is 33.3 Å². The lowest BCUT2D eigenvalue weighted by atomic mass is 10.1. The smallest absolute Gasteiger partial charge is 0.338 e. The molecular formula is C20H18ClNO4S. The Balaban J connectivity index is 1.94. The molecule has 0 N–H and O–H groups in total. The van der Waals surface area contributed by atoms with Crippen LogP contribution in [-0.4, -0.2) is 31.8 Å². The van der Waals surface area contributed by atoms with E-state index in [1.807, 2.05) is 24.3 Å². The molecule has 5 nitrogen and oxygen atoms in total. The first kappa shape index (κ1) is 19.2. The third kappa shape index (κ3) is 4.23. The van der Waals surface area contributed by atoms with E-state index < -0.39 is 0 Å². The third-order valence-corrected chi connectivity index (χ3v) is 5.16. The van der Waals surface area contributed by atoms with Gasteiger partial charge in [0.05, 0.1) is 26.4 Å². The summed E-state index contributed by atoms with van der Waals surface area (Å²) in [6.07, 6.45) is 0. The van der Waals surface area contributed by atoms with Crippen LogP contribution in [-0.2, 0) is 4.74 Å². The average molecular weight is 404 g/mol. The molecule has 0 amide bonds. The van der Waals surface area contributed by atoms with Crippen molar-refractivity contribution in [3.63, 3.8) is 0 Å². The van der Waals surface area contributed by atoms with E-state index in [4.69, 9.17) is 25.8 Å². The molecular weight excluding hydrogens is 386 g/mol. The van der Waals surface area contributed by atoms with Crippen LogP contribution in [0.2, 0.25) is 4.34 Å². The predicted octanol–water partition coefficient (Wildman–Crippen LogP) is 5.32. The van der Waals surface area contributed by atoms with Crippen molar-refractivity contribution in [1.82, 2.24) is 4.98 Å². The van der Waals surface area contributed by atoms with Crippen LogP contribution in [0.3, 0.4) is 0 Å². The number of nitrogens with zero attached hydrogens (tertiary/aromatic N) is 1. The SMILES string of the molecule is CCOC(=O)c1ccc(-c2nc(-c3cc(OC)cc(OC)c3)sc2Cl)cc1. The maximum Gasteiger partial charge on any atom is 0.338 e. The van der Waals surface area contributed by atoms with Gasteiger partial charge in [0, 0.05) is 17.2 Å². The lowest BCUT2D eigenvalue weighted by molar-refractivity contribution is 0.0526. The Labute approximate surface area is 166 Å². The number of methoxy groups -OCH3 is 2. The van der Waals surface area contributed by atoms with Crippen molar-refractivity contribution in [2.24, 2.45) is 0 Å². The van der Waals surface area contributed by atoms with Crippen molar-refractivity contribution in [2.75, 3.05) is 20.8 Å². The van der Waals surface area contributed by atoms with Gasteiger partial charge in [-0.25, -0.2) is 9.78 Å². The van der Waals surface area contributed by atoms with E-state index in [1.54, 1.807) is 39.3 Å². The quantitative estimate of drug-likeness (QED) is 0.521. The van der Waals surface area contributed by atoms with E-state index in [9.17, 15) is 4.79 Å². The topological polar surface area (TPSA) is 57.7 Å². The van der Waals surface area contributed by atoms with Gasteiger partial charge in [-0.3, -0.25) is 0 Å². The van der Waals surface area contributed by atoms with Crippen LogP contribution >= 0.6 is 22.9 Å². The number of ether oxygens (including phenoxy) is 3. The molecule has 0 saturated carbocycles. The van der Waals surface area contributed by atoms with Crippen LogP contribution in [0.1, 0.15) is 17.3 Å². The monoisotopic (exact) mass is 403 g/mol. The van der Waals surface area contributed by atoms with Crippen LogP contribution in [0.4, 0.5) is 0 Å². The van der Waals surface area contributed by atoms with Gasteiger partial charge in [0.1, 0.15) is 26.5 Å². The van der Waals surface area contributed by atoms with Gasteiger partial charge in [0.25, 0.3) is 0 Å². The highest BCUT2D eigenvalue weighted by molar-refractivity contribution is 7.19. The molecule has 140 valence electrons.